The van der Waals surface area contributed by atoms with Crippen molar-refractivity contribution in [2.75, 3.05) is 44.5 Å². The van der Waals surface area contributed by atoms with E-state index in [1.807, 2.05) is 6.92 Å². The molecule has 42 heavy (non-hydrogen) atoms. The molecule has 4 rings (SSSR count). The summed E-state index contributed by atoms with van der Waals surface area (Å²) in [5.41, 5.74) is 1.54. The molecular formula is C29H36N4O7S2. The standard InChI is InChI=1S/C29H36N4O7S2/c1-19-16-33(20(2)18-34)27(35)15-21-14-23(31-29(36)30-22-7-10-24(39-4)11-8-22)9-12-25(21)40-26(19)17-32(3)42(37,38)28-6-5-13-41-28/h5-14,19-20,26,34H,15-18H2,1-4H3,(H2,30,31,36)/t19-,20+,26-/m1/s1. The minimum Gasteiger partial charge on any atom is -0.497 e. The van der Waals surface area contributed by atoms with Gasteiger partial charge >= 0.3 is 6.03 Å². The first-order valence-corrected chi connectivity index (χ1v) is 15.8. The second-order valence-corrected chi connectivity index (χ2v) is 13.5. The lowest BCUT2D eigenvalue weighted by molar-refractivity contribution is -0.134. The van der Waals surface area contributed by atoms with Gasteiger partial charge in [0.2, 0.25) is 5.91 Å². The fourth-order valence-electron chi connectivity index (χ4n) is 4.61. The molecule has 0 saturated heterocycles. The van der Waals surface area contributed by atoms with Crippen LogP contribution in [-0.4, -0.2) is 80.7 Å². The molecule has 0 aliphatic carbocycles. The van der Waals surface area contributed by atoms with Crippen molar-refractivity contribution in [1.29, 1.82) is 0 Å². The SMILES string of the molecule is COc1ccc(NC(=O)Nc2ccc3c(c2)CC(=O)N([C@@H](C)CO)C[C@@H](C)[C@@H](CN(C)S(=O)(=O)c2cccs2)O3)cc1. The van der Waals surface area contributed by atoms with Crippen molar-refractivity contribution in [2.45, 2.75) is 36.6 Å². The monoisotopic (exact) mass is 616 g/mol. The maximum atomic E-state index is 13.4. The Bertz CT molecular complexity index is 1480. The molecule has 0 spiro atoms. The Morgan fingerprint density at radius 1 is 1.19 bits per heavy atom. The number of likely N-dealkylation sites (N-methyl/N-ethyl adjacent to an activating group) is 1. The summed E-state index contributed by atoms with van der Waals surface area (Å²) < 4.78 is 39.4. The van der Waals surface area contributed by atoms with E-state index >= 15 is 0 Å². The number of nitrogens with zero attached hydrogens (tertiary/aromatic N) is 2. The van der Waals surface area contributed by atoms with Crippen LogP contribution >= 0.6 is 11.3 Å². The number of urea groups is 1. The molecule has 0 bridgehead atoms. The molecular weight excluding hydrogens is 580 g/mol. The number of aliphatic hydroxyl groups is 1. The quantitative estimate of drug-likeness (QED) is 0.332. The molecule has 3 N–H and O–H groups in total. The zero-order valence-electron chi connectivity index (χ0n) is 23.9. The van der Waals surface area contributed by atoms with Crippen LogP contribution in [0.15, 0.2) is 64.2 Å². The fourth-order valence-corrected chi connectivity index (χ4v) is 6.99. The van der Waals surface area contributed by atoms with Gasteiger partial charge in [0.1, 0.15) is 21.8 Å². The molecule has 11 nitrogen and oxygen atoms in total. The van der Waals surface area contributed by atoms with Crippen molar-refractivity contribution >= 4 is 44.7 Å². The lowest BCUT2D eigenvalue weighted by atomic mass is 10.0. The Labute approximate surface area is 250 Å². The molecule has 2 aromatic carbocycles. The average molecular weight is 617 g/mol. The number of carbonyl (C=O) groups excluding carboxylic acids is 2. The first-order valence-electron chi connectivity index (χ1n) is 13.4. The summed E-state index contributed by atoms with van der Waals surface area (Å²) in [6.45, 7) is 3.73. The van der Waals surface area contributed by atoms with Crippen molar-refractivity contribution in [2.24, 2.45) is 5.92 Å². The van der Waals surface area contributed by atoms with Gasteiger partial charge in [-0.2, -0.15) is 4.31 Å². The predicted molar refractivity (Wildman–Crippen MR) is 162 cm³/mol. The molecule has 0 fully saturated rings. The molecule has 3 atom stereocenters. The summed E-state index contributed by atoms with van der Waals surface area (Å²) in [6.07, 6.45) is -0.641. The number of anilines is 2. The van der Waals surface area contributed by atoms with Crippen molar-refractivity contribution in [1.82, 2.24) is 9.21 Å². The normalized spacial score (nSPS) is 18.2. The van der Waals surface area contributed by atoms with Crippen LogP contribution < -0.4 is 20.1 Å². The van der Waals surface area contributed by atoms with Crippen LogP contribution in [-0.2, 0) is 21.2 Å². The second-order valence-electron chi connectivity index (χ2n) is 10.2. The molecule has 3 amide bonds. The van der Waals surface area contributed by atoms with Gasteiger partial charge < -0.3 is 30.1 Å². The summed E-state index contributed by atoms with van der Waals surface area (Å²) in [4.78, 5) is 27.7. The van der Waals surface area contributed by atoms with Gasteiger partial charge in [0, 0.05) is 36.4 Å². The van der Waals surface area contributed by atoms with E-state index in [1.54, 1.807) is 78.9 Å². The Morgan fingerprint density at radius 2 is 1.88 bits per heavy atom. The van der Waals surface area contributed by atoms with Crippen LogP contribution in [0, 0.1) is 5.92 Å². The number of carbonyl (C=O) groups is 2. The Balaban J connectivity index is 1.59. The topological polar surface area (TPSA) is 138 Å². The third-order valence-corrected chi connectivity index (χ3v) is 10.3. The molecule has 3 aromatic rings. The van der Waals surface area contributed by atoms with Gasteiger partial charge in [-0.05, 0) is 60.8 Å². The number of hydrogen-bond donors (Lipinski definition) is 3. The van der Waals surface area contributed by atoms with Gasteiger partial charge in [0.25, 0.3) is 10.0 Å². The van der Waals surface area contributed by atoms with Crippen LogP contribution in [0.3, 0.4) is 0 Å². The Morgan fingerprint density at radius 3 is 2.52 bits per heavy atom. The molecule has 0 unspecified atom stereocenters. The highest BCUT2D eigenvalue weighted by atomic mass is 32.2. The van der Waals surface area contributed by atoms with Gasteiger partial charge in [-0.15, -0.1) is 11.3 Å². The van der Waals surface area contributed by atoms with Crippen LogP contribution in [0.1, 0.15) is 19.4 Å². The molecule has 0 radical (unpaired) electrons. The maximum Gasteiger partial charge on any atom is 0.323 e. The van der Waals surface area contributed by atoms with E-state index in [-0.39, 0.29) is 42.2 Å². The molecule has 1 aliphatic rings. The van der Waals surface area contributed by atoms with Crippen molar-refractivity contribution in [3.05, 3.63) is 65.5 Å². The highest BCUT2D eigenvalue weighted by Crippen LogP contribution is 2.30. The smallest absolute Gasteiger partial charge is 0.323 e. The van der Waals surface area contributed by atoms with Crippen molar-refractivity contribution in [3.8, 4) is 11.5 Å². The molecule has 226 valence electrons. The largest absolute Gasteiger partial charge is 0.497 e. The number of rotatable bonds is 9. The lowest BCUT2D eigenvalue weighted by Gasteiger charge is -2.33. The van der Waals surface area contributed by atoms with E-state index in [0.29, 0.717) is 28.4 Å². The molecule has 13 heteroatoms. The lowest BCUT2D eigenvalue weighted by Crippen LogP contribution is -2.48. The Hall–Kier alpha value is -3.65. The summed E-state index contributed by atoms with van der Waals surface area (Å²) >= 11 is 1.14. The molecule has 2 heterocycles. The van der Waals surface area contributed by atoms with E-state index < -0.39 is 28.2 Å². The average Bonchev–Trinajstić information content (AvgIpc) is 3.53. The van der Waals surface area contributed by atoms with E-state index in [1.165, 1.54) is 11.4 Å². The summed E-state index contributed by atoms with van der Waals surface area (Å²) in [7, 11) is -0.666. The number of fused-ring (bicyclic) bond motifs is 1. The predicted octanol–water partition coefficient (Wildman–Crippen LogP) is 3.87. The second kappa shape index (κ2) is 13.6. The highest BCUT2D eigenvalue weighted by molar-refractivity contribution is 7.91. The summed E-state index contributed by atoms with van der Waals surface area (Å²) in [5.74, 6) is 0.591. The number of sulfonamides is 1. The summed E-state index contributed by atoms with van der Waals surface area (Å²) in [6, 6.07) is 14.2. The van der Waals surface area contributed by atoms with E-state index in [4.69, 9.17) is 9.47 Å². The van der Waals surface area contributed by atoms with Crippen LogP contribution in [0.4, 0.5) is 16.2 Å². The zero-order valence-corrected chi connectivity index (χ0v) is 25.6. The number of amides is 3. The zero-order chi connectivity index (χ0) is 30.4. The number of nitrogens with one attached hydrogen (secondary N) is 2. The number of thiophene rings is 1. The van der Waals surface area contributed by atoms with Crippen LogP contribution in [0.2, 0.25) is 0 Å². The molecule has 1 aliphatic heterocycles. The third-order valence-electron chi connectivity index (χ3n) is 7.12. The highest BCUT2D eigenvalue weighted by Gasteiger charge is 2.33. The maximum absolute atomic E-state index is 13.4. The van der Waals surface area contributed by atoms with Gasteiger partial charge in [-0.3, -0.25) is 4.79 Å². The number of benzene rings is 2. The number of ether oxygens (including phenoxy) is 2. The first-order chi connectivity index (χ1) is 20.0. The number of methoxy groups -OCH3 is 1. The fraction of sp³-hybridized carbons (Fsp3) is 0.379. The molecule has 0 saturated carbocycles. The number of aliphatic hydroxyl groups excluding tert-OH is 1. The minimum absolute atomic E-state index is 0.0297. The first kappa shape index (κ1) is 31.3. The van der Waals surface area contributed by atoms with E-state index in [0.717, 1.165) is 11.3 Å². The third kappa shape index (κ3) is 7.40. The van der Waals surface area contributed by atoms with E-state index in [2.05, 4.69) is 10.6 Å². The van der Waals surface area contributed by atoms with Crippen molar-refractivity contribution < 1.29 is 32.6 Å². The van der Waals surface area contributed by atoms with Gasteiger partial charge in [-0.1, -0.05) is 13.0 Å². The van der Waals surface area contributed by atoms with E-state index in [9.17, 15) is 23.1 Å². The molecule has 1 aromatic heterocycles. The van der Waals surface area contributed by atoms with Crippen LogP contribution in [0.25, 0.3) is 0 Å². The van der Waals surface area contributed by atoms with Crippen LogP contribution in [0.5, 0.6) is 11.5 Å². The van der Waals surface area contributed by atoms with Crippen molar-refractivity contribution in [3.63, 3.8) is 0 Å². The summed E-state index contributed by atoms with van der Waals surface area (Å²) in [5, 5.41) is 17.1. The van der Waals surface area contributed by atoms with Gasteiger partial charge in [0.15, 0.2) is 0 Å². The van der Waals surface area contributed by atoms with Gasteiger partial charge in [-0.25, -0.2) is 13.2 Å². The number of hydrogen-bond acceptors (Lipinski definition) is 8. The van der Waals surface area contributed by atoms with Gasteiger partial charge in [0.05, 0.1) is 32.7 Å². The minimum atomic E-state index is -3.73. The Kier molecular flexibility index (Phi) is 10.1.